The molecule has 4 atom stereocenters. The van der Waals surface area contributed by atoms with Crippen molar-refractivity contribution in [1.82, 2.24) is 14.9 Å². The van der Waals surface area contributed by atoms with Gasteiger partial charge in [-0.3, -0.25) is 4.90 Å². The highest BCUT2D eigenvalue weighted by atomic mass is 19.4. The number of carbonyl (C=O) groups is 2. The fourth-order valence-corrected chi connectivity index (χ4v) is 7.91. The van der Waals surface area contributed by atoms with Gasteiger partial charge in [-0.15, -0.1) is 0 Å². The topological polar surface area (TPSA) is 102 Å². The van der Waals surface area contributed by atoms with Crippen LogP contribution in [0.1, 0.15) is 74.6 Å². The Bertz CT molecular complexity index is 2150. The number of aromatic nitrogens is 2. The second kappa shape index (κ2) is 11.8. The Morgan fingerprint density at radius 1 is 0.906 bits per heavy atom. The summed E-state index contributed by atoms with van der Waals surface area (Å²) >= 11 is 0. The van der Waals surface area contributed by atoms with Crippen molar-refractivity contribution in [2.24, 2.45) is 5.92 Å². The summed E-state index contributed by atoms with van der Waals surface area (Å²) < 4.78 is 136. The molecule has 2 aliphatic heterocycles. The molecule has 0 bridgehead atoms. The number of hydrogen-bond donors (Lipinski definition) is 1. The molecule has 2 saturated heterocycles. The van der Waals surface area contributed by atoms with Crippen LogP contribution in [0.3, 0.4) is 0 Å². The van der Waals surface area contributed by atoms with Crippen LogP contribution in [0.2, 0.25) is 0 Å². The molecule has 4 aromatic rings. The minimum atomic E-state index is -5.18. The molecular weight excluding hydrogens is 725 g/mol. The lowest BCUT2D eigenvalue weighted by Crippen LogP contribution is -2.36. The van der Waals surface area contributed by atoms with E-state index in [0.717, 1.165) is 17.0 Å². The van der Waals surface area contributed by atoms with E-state index in [2.05, 4.69) is 9.97 Å². The predicted octanol–water partition coefficient (Wildman–Crippen LogP) is 9.59. The van der Waals surface area contributed by atoms with Crippen LogP contribution < -0.4 is 4.74 Å². The molecule has 3 fully saturated rings. The highest BCUT2D eigenvalue weighted by Gasteiger charge is 2.76. The van der Waals surface area contributed by atoms with E-state index in [9.17, 15) is 54.2 Å². The average molecular weight is 752 g/mol. The van der Waals surface area contributed by atoms with E-state index in [1.54, 1.807) is 19.9 Å². The van der Waals surface area contributed by atoms with Crippen LogP contribution in [-0.4, -0.2) is 44.7 Å². The van der Waals surface area contributed by atoms with Crippen molar-refractivity contribution in [1.29, 1.82) is 0 Å². The molecule has 4 heterocycles. The number of carboxylic acid groups (broad SMARTS) is 1. The monoisotopic (exact) mass is 751 g/mol. The summed E-state index contributed by atoms with van der Waals surface area (Å²) in [7, 11) is 1.27. The molecule has 7 rings (SSSR count). The van der Waals surface area contributed by atoms with Gasteiger partial charge in [-0.25, -0.2) is 19.6 Å². The van der Waals surface area contributed by atoms with Gasteiger partial charge >= 0.3 is 30.6 Å². The van der Waals surface area contributed by atoms with Crippen LogP contribution in [0.4, 0.5) is 44.3 Å². The van der Waals surface area contributed by atoms with E-state index in [1.807, 2.05) is 0 Å². The van der Waals surface area contributed by atoms with Gasteiger partial charge in [0.2, 0.25) is 5.88 Å². The SMILES string of the molecule is COc1ncc(-c2c(C)cc(C(=O)O)cc2C)cc1-c1ccc(C(F)(F)F)nc1[C@@H]1CC2CC23[C@@H](c2cc(C(F)(F)F)cc(C(F)(F)F)c2)OC(=O)N13. The summed E-state index contributed by atoms with van der Waals surface area (Å²) in [6.07, 6.45) is -16.5. The zero-order valence-corrected chi connectivity index (χ0v) is 27.7. The second-order valence-electron chi connectivity index (χ2n) is 13.3. The fraction of sp³-hybridized carbons (Fsp3) is 0.333. The lowest BCUT2D eigenvalue weighted by molar-refractivity contribution is -0.143. The number of cyclic esters (lactones) is 1. The van der Waals surface area contributed by atoms with Gasteiger partial charge in [-0.05, 0) is 97.3 Å². The van der Waals surface area contributed by atoms with Crippen molar-refractivity contribution in [2.45, 2.75) is 62.9 Å². The predicted molar refractivity (Wildman–Crippen MR) is 167 cm³/mol. The van der Waals surface area contributed by atoms with E-state index >= 15 is 0 Å². The summed E-state index contributed by atoms with van der Waals surface area (Å²) in [6, 6.07) is 5.98. The van der Waals surface area contributed by atoms with Gasteiger partial charge < -0.3 is 14.6 Å². The van der Waals surface area contributed by atoms with Crippen LogP contribution >= 0.6 is 0 Å². The van der Waals surface area contributed by atoms with E-state index < -0.39 is 76.6 Å². The third-order valence-electron chi connectivity index (χ3n) is 10.1. The number of pyridine rings is 2. The number of methoxy groups -OCH3 is 1. The largest absolute Gasteiger partial charge is 0.481 e. The third-order valence-corrected chi connectivity index (χ3v) is 10.1. The van der Waals surface area contributed by atoms with Crippen molar-refractivity contribution in [3.05, 3.63) is 99.5 Å². The number of aryl methyl sites for hydroxylation is 2. The number of carboxylic acids is 1. The number of benzene rings is 2. The first-order chi connectivity index (χ1) is 24.6. The number of amides is 1. The number of aromatic carboxylic acids is 1. The molecule has 1 N–H and O–H groups in total. The van der Waals surface area contributed by atoms with Crippen LogP contribution in [-0.2, 0) is 23.3 Å². The Balaban J connectivity index is 1.37. The number of halogens is 9. The summed E-state index contributed by atoms with van der Waals surface area (Å²) in [5.74, 6) is -1.76. The molecule has 17 heteroatoms. The van der Waals surface area contributed by atoms with Gasteiger partial charge in [0, 0.05) is 22.9 Å². The Morgan fingerprint density at radius 3 is 2.08 bits per heavy atom. The molecule has 1 saturated carbocycles. The average Bonchev–Trinajstić information content (AvgIpc) is 3.55. The second-order valence-corrected chi connectivity index (χ2v) is 13.3. The molecule has 2 aromatic carbocycles. The van der Waals surface area contributed by atoms with Crippen LogP contribution in [0.5, 0.6) is 5.88 Å². The first-order valence-electron chi connectivity index (χ1n) is 15.9. The van der Waals surface area contributed by atoms with Crippen LogP contribution in [0, 0.1) is 19.8 Å². The van der Waals surface area contributed by atoms with Gasteiger partial charge in [-0.1, -0.05) is 6.07 Å². The number of piperidine rings is 1. The summed E-state index contributed by atoms with van der Waals surface area (Å²) in [5.41, 5.74) is -4.44. The molecular formula is C36H26F9N3O5. The number of hydrogen-bond acceptors (Lipinski definition) is 6. The summed E-state index contributed by atoms with van der Waals surface area (Å²) in [5, 5.41) is 9.50. The van der Waals surface area contributed by atoms with Crippen molar-refractivity contribution < 1.29 is 63.7 Å². The molecule has 1 spiro atoms. The highest BCUT2D eigenvalue weighted by Crippen LogP contribution is 2.71. The standard InChI is InChI=1S/C36H26F9N3O5/c1-15-6-18(31(49)50)7-16(2)27(15)19-10-24(30(52-3)46-14-19)23-4-5-26(36(43,44)45)47-28(23)25-12-22-13-33(22)29(53-32(51)48(25)33)17-8-20(34(37,38)39)11-21(9-17)35(40,41)42/h4-11,14,22,25,29H,12-13H2,1-3H3,(H,49,50)/t22?,25-,29+,33?/m0/s1. The van der Waals surface area contributed by atoms with Crippen LogP contribution in [0.15, 0.2) is 54.7 Å². The fourth-order valence-electron chi connectivity index (χ4n) is 7.91. The molecule has 2 aromatic heterocycles. The van der Waals surface area contributed by atoms with E-state index in [4.69, 9.17) is 9.47 Å². The van der Waals surface area contributed by atoms with Gasteiger partial charge in [0.25, 0.3) is 0 Å². The maximum absolute atomic E-state index is 14.1. The number of carbonyl (C=O) groups excluding carboxylic acids is 1. The smallest absolute Gasteiger partial charge is 0.433 e. The lowest BCUT2D eigenvalue weighted by atomic mass is 9.91. The lowest BCUT2D eigenvalue weighted by Gasteiger charge is -2.29. The molecule has 278 valence electrons. The maximum Gasteiger partial charge on any atom is 0.433 e. The molecule has 1 amide bonds. The highest BCUT2D eigenvalue weighted by molar-refractivity contribution is 5.90. The van der Waals surface area contributed by atoms with Crippen LogP contribution in [0.25, 0.3) is 22.3 Å². The van der Waals surface area contributed by atoms with Crippen molar-refractivity contribution in [3.63, 3.8) is 0 Å². The first kappa shape index (κ1) is 36.0. The molecule has 8 nitrogen and oxygen atoms in total. The molecule has 1 aliphatic carbocycles. The third kappa shape index (κ3) is 5.89. The maximum atomic E-state index is 14.1. The quantitative estimate of drug-likeness (QED) is 0.196. The van der Waals surface area contributed by atoms with E-state index in [0.29, 0.717) is 34.4 Å². The summed E-state index contributed by atoms with van der Waals surface area (Å²) in [4.78, 5) is 34.6. The zero-order valence-electron chi connectivity index (χ0n) is 27.7. The van der Waals surface area contributed by atoms with Gasteiger partial charge in [0.05, 0.1) is 41.1 Å². The Kier molecular flexibility index (Phi) is 8.04. The number of ether oxygens (including phenoxy) is 2. The normalized spacial score (nSPS) is 22.4. The first-order valence-corrected chi connectivity index (χ1v) is 15.9. The van der Waals surface area contributed by atoms with E-state index in [1.165, 1.54) is 25.4 Å². The Morgan fingerprint density at radius 2 is 1.53 bits per heavy atom. The summed E-state index contributed by atoms with van der Waals surface area (Å²) in [6.45, 7) is 3.34. The van der Waals surface area contributed by atoms with Crippen molar-refractivity contribution >= 4 is 12.1 Å². The molecule has 0 radical (unpaired) electrons. The van der Waals surface area contributed by atoms with Gasteiger partial charge in [0.1, 0.15) is 5.69 Å². The van der Waals surface area contributed by atoms with Crippen molar-refractivity contribution in [3.8, 4) is 28.1 Å². The number of nitrogens with zero attached hydrogens (tertiary/aromatic N) is 3. The molecule has 2 unspecified atom stereocenters. The molecule has 3 aliphatic rings. The zero-order chi connectivity index (χ0) is 38.6. The number of alkyl halides is 9. The van der Waals surface area contributed by atoms with Crippen molar-refractivity contribution in [2.75, 3.05) is 7.11 Å². The van der Waals surface area contributed by atoms with Gasteiger partial charge in [0.15, 0.2) is 6.10 Å². The van der Waals surface area contributed by atoms with Gasteiger partial charge in [-0.2, -0.15) is 39.5 Å². The minimum absolute atomic E-state index is 0.0255. The van der Waals surface area contributed by atoms with E-state index in [-0.39, 0.29) is 47.2 Å². The Hall–Kier alpha value is -5.35. The minimum Gasteiger partial charge on any atom is -0.481 e. The molecule has 53 heavy (non-hydrogen) atoms. The Labute approximate surface area is 294 Å². The number of rotatable bonds is 6.